The summed E-state index contributed by atoms with van der Waals surface area (Å²) in [5, 5.41) is 8.03. The van der Waals surface area contributed by atoms with Gasteiger partial charge in [0.05, 0.1) is 0 Å². The zero-order valence-electron chi connectivity index (χ0n) is 16.5. The van der Waals surface area contributed by atoms with Crippen LogP contribution < -0.4 is 10.6 Å². The number of benzene rings is 1. The minimum Gasteiger partial charge on any atom is -0.361 e. The first-order valence-electron chi connectivity index (χ1n) is 10.2. The summed E-state index contributed by atoms with van der Waals surface area (Å²) >= 11 is 0. The first-order chi connectivity index (χ1) is 13.2. The Bertz CT molecular complexity index is 746. The lowest BCUT2D eigenvalue weighted by Crippen LogP contribution is -2.48. The lowest BCUT2D eigenvalue weighted by molar-refractivity contribution is 0.206. The molecule has 1 saturated heterocycles. The van der Waals surface area contributed by atoms with Gasteiger partial charge >= 0.3 is 0 Å². The van der Waals surface area contributed by atoms with Crippen LogP contribution in [0, 0.1) is 5.82 Å². The first-order valence-corrected chi connectivity index (χ1v) is 10.2. The van der Waals surface area contributed by atoms with E-state index in [1.807, 2.05) is 12.3 Å². The van der Waals surface area contributed by atoms with Gasteiger partial charge in [0, 0.05) is 49.3 Å². The van der Waals surface area contributed by atoms with Gasteiger partial charge in [0.2, 0.25) is 0 Å². The summed E-state index contributed by atoms with van der Waals surface area (Å²) < 4.78 is 13.3. The number of nitrogens with zero attached hydrogens (tertiary/aromatic N) is 2. The van der Waals surface area contributed by atoms with Gasteiger partial charge in [0.15, 0.2) is 5.96 Å². The molecule has 1 aliphatic rings. The molecule has 5 nitrogen and oxygen atoms in total. The molecule has 2 heterocycles. The second kappa shape index (κ2) is 9.74. The Hall–Kier alpha value is -2.08. The van der Waals surface area contributed by atoms with E-state index in [4.69, 9.17) is 4.99 Å². The second-order valence-electron chi connectivity index (χ2n) is 7.27. The van der Waals surface area contributed by atoms with Gasteiger partial charge in [-0.2, -0.15) is 0 Å². The van der Waals surface area contributed by atoms with Crippen molar-refractivity contribution in [2.24, 2.45) is 4.99 Å². The largest absolute Gasteiger partial charge is 0.361 e. The van der Waals surface area contributed by atoms with E-state index in [2.05, 4.69) is 34.4 Å². The number of H-pyrrole nitrogens is 1. The number of aromatic nitrogens is 1. The first kappa shape index (κ1) is 19.7. The molecule has 0 atom stereocenters. The molecule has 1 aromatic carbocycles. The zero-order valence-corrected chi connectivity index (χ0v) is 16.5. The van der Waals surface area contributed by atoms with Crippen LogP contribution >= 0.6 is 0 Å². The molecule has 1 aliphatic heterocycles. The van der Waals surface area contributed by atoms with Crippen LogP contribution in [0.4, 0.5) is 4.39 Å². The quantitative estimate of drug-likeness (QED) is 0.516. The summed E-state index contributed by atoms with van der Waals surface area (Å²) in [6.45, 7) is 9.42. The molecular weight excluding hydrogens is 341 g/mol. The molecule has 2 aromatic rings. The summed E-state index contributed by atoms with van der Waals surface area (Å²) in [5.74, 6) is 0.690. The highest BCUT2D eigenvalue weighted by Gasteiger charge is 2.19. The third-order valence-corrected chi connectivity index (χ3v) is 5.19. The van der Waals surface area contributed by atoms with Crippen molar-refractivity contribution >= 4 is 16.9 Å². The number of hydrogen-bond acceptors (Lipinski definition) is 2. The van der Waals surface area contributed by atoms with E-state index < -0.39 is 0 Å². The summed E-state index contributed by atoms with van der Waals surface area (Å²) in [6.07, 6.45) is 6.35. The molecule has 3 rings (SSSR count). The number of fused-ring (bicyclic) bond motifs is 1. The highest BCUT2D eigenvalue weighted by molar-refractivity contribution is 5.83. The van der Waals surface area contributed by atoms with Crippen molar-refractivity contribution in [3.05, 3.63) is 35.8 Å². The molecule has 0 radical (unpaired) electrons. The van der Waals surface area contributed by atoms with Crippen LogP contribution in [0.25, 0.3) is 10.9 Å². The average molecular weight is 374 g/mol. The maximum Gasteiger partial charge on any atom is 0.191 e. The fraction of sp³-hybridized carbons (Fsp3) is 0.571. The van der Waals surface area contributed by atoms with Crippen LogP contribution in [-0.2, 0) is 6.42 Å². The Labute approximate surface area is 161 Å². The molecular formula is C21H32FN5. The number of halogens is 1. The van der Waals surface area contributed by atoms with Gasteiger partial charge in [-0.25, -0.2) is 4.39 Å². The van der Waals surface area contributed by atoms with E-state index in [1.54, 1.807) is 6.07 Å². The number of hydrogen-bond donors (Lipinski definition) is 3. The zero-order chi connectivity index (χ0) is 19.1. The van der Waals surface area contributed by atoms with Gasteiger partial charge in [-0.1, -0.05) is 6.92 Å². The Morgan fingerprint density at radius 1 is 1.30 bits per heavy atom. The van der Waals surface area contributed by atoms with Crippen LogP contribution in [0.15, 0.2) is 29.4 Å². The SMILES string of the molecule is CCCN1CCC(NC(=NCCc2c[nH]c3cc(F)ccc23)NCC)CC1. The standard InChI is InChI=1S/C21H32FN5/c1-3-11-27-12-8-18(9-13-27)26-21(23-4-2)24-10-7-16-15-25-20-14-17(22)5-6-19(16)20/h5-6,14-15,18,25H,3-4,7-13H2,1-2H3,(H2,23,24,26). The average Bonchev–Trinajstić information content (AvgIpc) is 3.06. The number of aromatic amines is 1. The monoisotopic (exact) mass is 373 g/mol. The van der Waals surface area contributed by atoms with Crippen molar-refractivity contribution in [2.45, 2.75) is 45.6 Å². The summed E-state index contributed by atoms with van der Waals surface area (Å²) in [6, 6.07) is 5.39. The smallest absolute Gasteiger partial charge is 0.191 e. The van der Waals surface area contributed by atoms with E-state index in [9.17, 15) is 4.39 Å². The molecule has 1 aromatic heterocycles. The molecule has 0 saturated carbocycles. The molecule has 0 bridgehead atoms. The van der Waals surface area contributed by atoms with Gasteiger partial charge in [0.25, 0.3) is 0 Å². The molecule has 0 amide bonds. The number of guanidine groups is 1. The maximum absolute atomic E-state index is 13.3. The number of piperidine rings is 1. The lowest BCUT2D eigenvalue weighted by Gasteiger charge is -2.32. The van der Waals surface area contributed by atoms with Crippen molar-refractivity contribution < 1.29 is 4.39 Å². The lowest BCUT2D eigenvalue weighted by atomic mass is 10.1. The van der Waals surface area contributed by atoms with Crippen LogP contribution in [0.1, 0.15) is 38.7 Å². The molecule has 0 aliphatic carbocycles. The van der Waals surface area contributed by atoms with Crippen LogP contribution in [0.3, 0.4) is 0 Å². The van der Waals surface area contributed by atoms with Crippen molar-refractivity contribution in [2.75, 3.05) is 32.7 Å². The summed E-state index contributed by atoms with van der Waals surface area (Å²) in [5.41, 5.74) is 2.02. The van der Waals surface area contributed by atoms with E-state index in [1.165, 1.54) is 37.4 Å². The molecule has 0 unspecified atom stereocenters. The minimum atomic E-state index is -0.211. The van der Waals surface area contributed by atoms with Crippen molar-refractivity contribution in [1.82, 2.24) is 20.5 Å². The molecule has 27 heavy (non-hydrogen) atoms. The van der Waals surface area contributed by atoms with Crippen molar-refractivity contribution in [3.63, 3.8) is 0 Å². The fourth-order valence-corrected chi connectivity index (χ4v) is 3.78. The van der Waals surface area contributed by atoms with Crippen molar-refractivity contribution in [1.29, 1.82) is 0 Å². The second-order valence-corrected chi connectivity index (χ2v) is 7.27. The van der Waals surface area contributed by atoms with E-state index >= 15 is 0 Å². The highest BCUT2D eigenvalue weighted by atomic mass is 19.1. The topological polar surface area (TPSA) is 55.5 Å². The van der Waals surface area contributed by atoms with Gasteiger partial charge < -0.3 is 20.5 Å². The number of nitrogens with one attached hydrogen (secondary N) is 3. The van der Waals surface area contributed by atoms with Crippen LogP contribution in [0.5, 0.6) is 0 Å². The maximum atomic E-state index is 13.3. The summed E-state index contributed by atoms with van der Waals surface area (Å²) in [7, 11) is 0. The van der Waals surface area contributed by atoms with Gasteiger partial charge in [0.1, 0.15) is 5.82 Å². The number of aliphatic imine (C=N–C) groups is 1. The third-order valence-electron chi connectivity index (χ3n) is 5.19. The van der Waals surface area contributed by atoms with E-state index in [-0.39, 0.29) is 5.82 Å². The van der Waals surface area contributed by atoms with Crippen LogP contribution in [0.2, 0.25) is 0 Å². The normalized spacial score (nSPS) is 16.8. The predicted molar refractivity (Wildman–Crippen MR) is 111 cm³/mol. The van der Waals surface area contributed by atoms with E-state index in [0.717, 1.165) is 42.9 Å². The van der Waals surface area contributed by atoms with Gasteiger partial charge in [-0.3, -0.25) is 4.99 Å². The Kier molecular flexibility index (Phi) is 7.10. The minimum absolute atomic E-state index is 0.211. The Balaban J connectivity index is 1.54. The molecule has 148 valence electrons. The Morgan fingerprint density at radius 3 is 2.85 bits per heavy atom. The summed E-state index contributed by atoms with van der Waals surface area (Å²) in [4.78, 5) is 10.4. The van der Waals surface area contributed by atoms with Gasteiger partial charge in [-0.15, -0.1) is 0 Å². The highest BCUT2D eigenvalue weighted by Crippen LogP contribution is 2.19. The number of likely N-dealkylation sites (tertiary alicyclic amines) is 1. The molecule has 1 fully saturated rings. The third kappa shape index (κ3) is 5.45. The molecule has 0 spiro atoms. The van der Waals surface area contributed by atoms with Crippen LogP contribution in [-0.4, -0.2) is 54.6 Å². The Morgan fingerprint density at radius 2 is 2.11 bits per heavy atom. The van der Waals surface area contributed by atoms with E-state index in [0.29, 0.717) is 12.6 Å². The molecule has 6 heteroatoms. The van der Waals surface area contributed by atoms with Gasteiger partial charge in [-0.05, 0) is 62.9 Å². The molecule has 3 N–H and O–H groups in total. The van der Waals surface area contributed by atoms with Crippen molar-refractivity contribution in [3.8, 4) is 0 Å². The number of rotatable bonds is 7. The predicted octanol–water partition coefficient (Wildman–Crippen LogP) is 3.28. The fourth-order valence-electron chi connectivity index (χ4n) is 3.78.